The zero-order valence-corrected chi connectivity index (χ0v) is 9.08. The van der Waals surface area contributed by atoms with Gasteiger partial charge in [-0.1, -0.05) is 6.07 Å². The maximum absolute atomic E-state index is 11.6. The number of rotatable bonds is 4. The first-order valence-corrected chi connectivity index (χ1v) is 5.21. The van der Waals surface area contributed by atoms with Gasteiger partial charge in [-0.2, -0.15) is 9.36 Å². The van der Waals surface area contributed by atoms with Crippen molar-refractivity contribution in [2.45, 2.75) is 26.4 Å². The maximum atomic E-state index is 11.6. The van der Waals surface area contributed by atoms with Crippen molar-refractivity contribution in [3.05, 3.63) is 40.6 Å². The van der Waals surface area contributed by atoms with E-state index in [1.807, 2.05) is 25.1 Å². The van der Waals surface area contributed by atoms with Crippen LogP contribution in [0.4, 0.5) is 0 Å². The van der Waals surface area contributed by atoms with Crippen molar-refractivity contribution < 1.29 is 0 Å². The summed E-state index contributed by atoms with van der Waals surface area (Å²) in [6.45, 7) is 2.91. The highest BCUT2D eigenvalue weighted by Crippen LogP contribution is 1.95. The van der Waals surface area contributed by atoms with E-state index in [1.54, 1.807) is 6.20 Å². The van der Waals surface area contributed by atoms with E-state index >= 15 is 0 Å². The lowest BCUT2D eigenvalue weighted by atomic mass is 10.3. The molecule has 0 aliphatic heterocycles. The first-order valence-electron chi connectivity index (χ1n) is 5.21. The third-order valence-corrected chi connectivity index (χ3v) is 2.30. The number of tetrazole rings is 1. The van der Waals surface area contributed by atoms with Crippen molar-refractivity contribution in [2.24, 2.45) is 0 Å². The van der Waals surface area contributed by atoms with Crippen molar-refractivity contribution in [3.63, 3.8) is 0 Å². The predicted octanol–water partition coefficient (Wildman–Crippen LogP) is 0.0974. The molecule has 6 heteroatoms. The molecular weight excluding hydrogens is 206 g/mol. The molecule has 2 aromatic rings. The molecule has 84 valence electrons. The fourth-order valence-electron chi connectivity index (χ4n) is 1.41. The van der Waals surface area contributed by atoms with Crippen LogP contribution >= 0.6 is 0 Å². The molecule has 2 rings (SSSR count). The molecule has 0 unspecified atom stereocenters. The maximum Gasteiger partial charge on any atom is 0.363 e. The van der Waals surface area contributed by atoms with Crippen molar-refractivity contribution in [3.8, 4) is 0 Å². The van der Waals surface area contributed by atoms with E-state index in [9.17, 15) is 4.79 Å². The fourth-order valence-corrected chi connectivity index (χ4v) is 1.41. The summed E-state index contributed by atoms with van der Waals surface area (Å²) in [5.41, 5.74) is 0.777. The van der Waals surface area contributed by atoms with Gasteiger partial charge in [-0.25, -0.2) is 4.79 Å². The fraction of sp³-hybridized carbons (Fsp3) is 0.400. The van der Waals surface area contributed by atoms with Gasteiger partial charge in [0.15, 0.2) is 0 Å². The minimum atomic E-state index is -0.168. The van der Waals surface area contributed by atoms with Gasteiger partial charge in [0.2, 0.25) is 0 Å². The molecule has 0 bridgehead atoms. The summed E-state index contributed by atoms with van der Waals surface area (Å²) in [5, 5.41) is 7.53. The van der Waals surface area contributed by atoms with Crippen molar-refractivity contribution in [1.82, 2.24) is 24.8 Å². The molecule has 0 saturated carbocycles. The van der Waals surface area contributed by atoms with Gasteiger partial charge in [-0.3, -0.25) is 4.98 Å². The third-order valence-electron chi connectivity index (χ3n) is 2.30. The van der Waals surface area contributed by atoms with E-state index in [4.69, 9.17) is 0 Å². The molecule has 0 aliphatic rings. The molecule has 6 nitrogen and oxygen atoms in total. The van der Waals surface area contributed by atoms with Gasteiger partial charge in [0.25, 0.3) is 0 Å². The van der Waals surface area contributed by atoms with Crippen LogP contribution in [-0.4, -0.2) is 24.8 Å². The topological polar surface area (TPSA) is 65.6 Å². The Morgan fingerprint density at radius 1 is 1.25 bits per heavy atom. The van der Waals surface area contributed by atoms with Crippen LogP contribution in [0.1, 0.15) is 12.6 Å². The molecule has 0 aromatic carbocycles. The third kappa shape index (κ3) is 2.16. The summed E-state index contributed by atoms with van der Waals surface area (Å²) in [5.74, 6) is 0. The van der Waals surface area contributed by atoms with E-state index in [1.165, 1.54) is 9.36 Å². The quantitative estimate of drug-likeness (QED) is 0.731. The second kappa shape index (κ2) is 4.69. The van der Waals surface area contributed by atoms with E-state index in [-0.39, 0.29) is 5.69 Å². The van der Waals surface area contributed by atoms with Crippen LogP contribution in [0.25, 0.3) is 0 Å². The van der Waals surface area contributed by atoms with Crippen LogP contribution in [0, 0.1) is 0 Å². The highest BCUT2D eigenvalue weighted by atomic mass is 16.2. The molecule has 0 spiro atoms. The van der Waals surface area contributed by atoms with E-state index in [2.05, 4.69) is 15.4 Å². The number of aromatic nitrogens is 5. The summed E-state index contributed by atoms with van der Waals surface area (Å²) in [7, 11) is 0. The van der Waals surface area contributed by atoms with Crippen LogP contribution in [0.5, 0.6) is 0 Å². The smallest absolute Gasteiger partial charge is 0.261 e. The molecule has 0 amide bonds. The highest BCUT2D eigenvalue weighted by molar-refractivity contribution is 5.03. The molecular formula is C10H13N5O. The number of hydrogen-bond acceptors (Lipinski definition) is 4. The van der Waals surface area contributed by atoms with Gasteiger partial charge < -0.3 is 0 Å². The normalized spacial score (nSPS) is 10.6. The Morgan fingerprint density at radius 2 is 2.06 bits per heavy atom. The number of pyridine rings is 1. The lowest BCUT2D eigenvalue weighted by molar-refractivity contribution is 0.569. The molecule has 0 atom stereocenters. The molecule has 0 N–H and O–H groups in total. The molecule has 2 heterocycles. The molecule has 0 radical (unpaired) electrons. The minimum Gasteiger partial charge on any atom is -0.261 e. The largest absolute Gasteiger partial charge is 0.363 e. The van der Waals surface area contributed by atoms with Crippen molar-refractivity contribution in [2.75, 3.05) is 0 Å². The average Bonchev–Trinajstić information content (AvgIpc) is 2.69. The lowest BCUT2D eigenvalue weighted by Crippen LogP contribution is -2.25. The SMILES string of the molecule is CCn1nnn(CCc2ccccn2)c1=O. The Bertz CT molecular complexity index is 501. The summed E-state index contributed by atoms with van der Waals surface area (Å²) in [6.07, 6.45) is 2.42. The Balaban J connectivity index is 2.05. The van der Waals surface area contributed by atoms with Crippen molar-refractivity contribution >= 4 is 0 Å². The van der Waals surface area contributed by atoms with Crippen LogP contribution in [0.2, 0.25) is 0 Å². The van der Waals surface area contributed by atoms with Crippen LogP contribution in [0.15, 0.2) is 29.2 Å². The monoisotopic (exact) mass is 219 g/mol. The standard InChI is InChI=1S/C10H13N5O/c1-2-14-10(16)15(13-12-14)8-6-9-5-3-4-7-11-9/h3-5,7H,2,6,8H2,1H3. The number of hydrogen-bond donors (Lipinski definition) is 0. The Kier molecular flexibility index (Phi) is 3.09. The van der Waals surface area contributed by atoms with E-state index in [0.717, 1.165) is 5.69 Å². The Morgan fingerprint density at radius 3 is 2.69 bits per heavy atom. The van der Waals surface area contributed by atoms with E-state index in [0.29, 0.717) is 19.5 Å². The minimum absolute atomic E-state index is 0.168. The highest BCUT2D eigenvalue weighted by Gasteiger charge is 2.04. The lowest BCUT2D eigenvalue weighted by Gasteiger charge is -1.98. The summed E-state index contributed by atoms with van der Waals surface area (Å²) in [6, 6.07) is 5.71. The van der Waals surface area contributed by atoms with Gasteiger partial charge in [-0.05, 0) is 29.5 Å². The summed E-state index contributed by atoms with van der Waals surface area (Å²) >= 11 is 0. The van der Waals surface area contributed by atoms with Crippen LogP contribution in [-0.2, 0) is 19.5 Å². The van der Waals surface area contributed by atoms with Crippen LogP contribution in [0.3, 0.4) is 0 Å². The van der Waals surface area contributed by atoms with Gasteiger partial charge in [0.05, 0.1) is 6.54 Å². The van der Waals surface area contributed by atoms with Gasteiger partial charge in [0.1, 0.15) is 0 Å². The van der Waals surface area contributed by atoms with Gasteiger partial charge in [-0.15, -0.1) is 0 Å². The zero-order valence-electron chi connectivity index (χ0n) is 9.08. The van der Waals surface area contributed by atoms with Gasteiger partial charge in [0, 0.05) is 24.9 Å². The molecule has 16 heavy (non-hydrogen) atoms. The van der Waals surface area contributed by atoms with Gasteiger partial charge >= 0.3 is 5.69 Å². The number of aryl methyl sites for hydroxylation is 3. The average molecular weight is 219 g/mol. The van der Waals surface area contributed by atoms with E-state index < -0.39 is 0 Å². The molecule has 0 fully saturated rings. The first kappa shape index (κ1) is 10.5. The van der Waals surface area contributed by atoms with Crippen molar-refractivity contribution in [1.29, 1.82) is 0 Å². The van der Waals surface area contributed by atoms with Crippen LogP contribution < -0.4 is 5.69 Å². The molecule has 0 aliphatic carbocycles. The predicted molar refractivity (Wildman–Crippen MR) is 57.9 cm³/mol. The summed E-state index contributed by atoms with van der Waals surface area (Å²) < 4.78 is 2.69. The Labute approximate surface area is 92.5 Å². The Hall–Kier alpha value is -1.98. The second-order valence-corrected chi connectivity index (χ2v) is 3.37. The molecule has 0 saturated heterocycles. The zero-order chi connectivity index (χ0) is 11.4. The second-order valence-electron chi connectivity index (χ2n) is 3.37. The summed E-state index contributed by atoms with van der Waals surface area (Å²) in [4.78, 5) is 15.8. The molecule has 2 aromatic heterocycles. The first-order chi connectivity index (χ1) is 7.81. The number of nitrogens with zero attached hydrogens (tertiary/aromatic N) is 5.